The first-order valence-electron chi connectivity index (χ1n) is 19.3. The minimum absolute atomic E-state index is 0. The quantitative estimate of drug-likeness (QED) is 0.121. The number of hydrogen-bond acceptors (Lipinski definition) is 0. The summed E-state index contributed by atoms with van der Waals surface area (Å²) in [6.45, 7) is 7.24. The van der Waals surface area contributed by atoms with Crippen molar-refractivity contribution in [2.75, 3.05) is 0 Å². The van der Waals surface area contributed by atoms with Gasteiger partial charge in [-0.2, -0.15) is 0 Å². The van der Waals surface area contributed by atoms with E-state index in [0.29, 0.717) is 7.25 Å². The molecular weight excluding hydrogens is 791 g/mol. The molecular formula is C50H52Cl2SiZr. The summed E-state index contributed by atoms with van der Waals surface area (Å²) in [5.41, 5.74) is 20.3. The monoisotopic (exact) mass is 840 g/mol. The molecule has 0 fully saturated rings. The van der Waals surface area contributed by atoms with Gasteiger partial charge in [-0.05, 0) is 0 Å². The van der Waals surface area contributed by atoms with E-state index < -0.39 is 17.4 Å². The largest absolute Gasteiger partial charge is 0.147 e. The van der Waals surface area contributed by atoms with Crippen LogP contribution in [0.1, 0.15) is 69.0 Å². The topological polar surface area (TPSA) is 0 Å². The Kier molecular flexibility index (Phi) is 12.1. The Morgan fingerprint density at radius 1 is 0.426 bits per heavy atom. The number of allylic oxidation sites excluding steroid dienone is 2. The van der Waals surface area contributed by atoms with E-state index in [4.69, 9.17) is 0 Å². The van der Waals surface area contributed by atoms with Crippen molar-refractivity contribution in [3.63, 3.8) is 0 Å². The summed E-state index contributed by atoms with van der Waals surface area (Å²) in [5.74, 6) is 0. The maximum Gasteiger partial charge on any atom is -0.147 e. The van der Waals surface area contributed by atoms with E-state index in [1.807, 2.05) is 0 Å². The number of rotatable bonds is 10. The summed E-state index contributed by atoms with van der Waals surface area (Å²) < 4.78 is 6.52. The van der Waals surface area contributed by atoms with Crippen molar-refractivity contribution in [2.45, 2.75) is 56.0 Å². The van der Waals surface area contributed by atoms with Gasteiger partial charge in [0.2, 0.25) is 0 Å². The normalized spacial score (nSPS) is 16.0. The third-order valence-electron chi connectivity index (χ3n) is 11.9. The summed E-state index contributed by atoms with van der Waals surface area (Å²) in [7, 11) is 0. The molecule has 2 aliphatic rings. The van der Waals surface area contributed by atoms with Crippen LogP contribution in [0.3, 0.4) is 0 Å². The molecule has 6 aromatic carbocycles. The van der Waals surface area contributed by atoms with E-state index in [0.717, 1.165) is 25.7 Å². The summed E-state index contributed by atoms with van der Waals surface area (Å²) in [6, 6.07) is 54.4. The van der Waals surface area contributed by atoms with Crippen molar-refractivity contribution in [3.05, 3.63) is 179 Å². The van der Waals surface area contributed by atoms with Crippen molar-refractivity contribution >= 4 is 43.8 Å². The molecule has 6 aromatic rings. The van der Waals surface area contributed by atoms with Gasteiger partial charge in [-0.3, -0.25) is 0 Å². The molecule has 0 N–H and O–H groups in total. The molecule has 0 radical (unpaired) electrons. The van der Waals surface area contributed by atoms with E-state index in [2.05, 4.69) is 188 Å². The average Bonchev–Trinajstić information content (AvgIpc) is 3.76. The number of hydrogen-bond donors (Lipinski definition) is 0. The van der Waals surface area contributed by atoms with Crippen LogP contribution in [0, 0.1) is 0 Å². The zero-order valence-electron chi connectivity index (χ0n) is 32.0. The molecule has 0 spiro atoms. The van der Waals surface area contributed by atoms with Gasteiger partial charge in [0.15, 0.2) is 0 Å². The molecule has 0 saturated carbocycles. The fraction of sp³-hybridized carbons (Fsp3) is 0.200. The Bertz CT molecular complexity index is 2230. The summed E-state index contributed by atoms with van der Waals surface area (Å²) in [5, 5.41) is 0. The van der Waals surface area contributed by atoms with Gasteiger partial charge in [0.25, 0.3) is 0 Å². The predicted octanol–water partition coefficient (Wildman–Crippen LogP) is 14.7. The van der Waals surface area contributed by atoms with Crippen LogP contribution in [0.2, 0.25) is 9.26 Å². The smallest absolute Gasteiger partial charge is 0.147 e. The first-order valence-corrected chi connectivity index (χ1v) is 33.0. The molecule has 274 valence electrons. The molecule has 54 heavy (non-hydrogen) atoms. The van der Waals surface area contributed by atoms with Crippen molar-refractivity contribution in [2.24, 2.45) is 0 Å². The van der Waals surface area contributed by atoms with Crippen molar-refractivity contribution in [3.8, 4) is 44.5 Å². The van der Waals surface area contributed by atoms with Crippen LogP contribution in [0.25, 0.3) is 56.7 Å². The Morgan fingerprint density at radius 3 is 1.00 bits per heavy atom. The third kappa shape index (κ3) is 7.05. The molecule has 2 atom stereocenters. The number of benzene rings is 6. The zero-order valence-corrected chi connectivity index (χ0v) is 37.5. The van der Waals surface area contributed by atoms with E-state index >= 15 is 0 Å². The summed E-state index contributed by atoms with van der Waals surface area (Å²) in [6.07, 6.45) is 9.88. The average molecular weight is 843 g/mol. The summed E-state index contributed by atoms with van der Waals surface area (Å²) >= 11 is -4.04. The molecule has 0 heterocycles. The fourth-order valence-electron chi connectivity index (χ4n) is 9.93. The van der Waals surface area contributed by atoms with Crippen LogP contribution < -0.4 is 0 Å². The van der Waals surface area contributed by atoms with Gasteiger partial charge in [0.05, 0.1) is 0 Å². The van der Waals surface area contributed by atoms with Crippen LogP contribution in [0.5, 0.6) is 0 Å². The molecule has 4 heteroatoms. The van der Waals surface area contributed by atoms with Gasteiger partial charge in [-0.25, -0.2) is 0 Å². The SMILES string of the molecule is CCCC1=Cc2c(-c3ccccc3)ccc(-c3ccccc3)c2[CH]1[Zr]([CH3])([CH3])(=[SiH2])[CH]1C(CCC)=Cc2c(-c3ccccc3)ccc(-c3ccccc3)c21.Cl.Cl. The van der Waals surface area contributed by atoms with Crippen LogP contribution >= 0.6 is 24.8 Å². The van der Waals surface area contributed by atoms with E-state index in [1.165, 1.54) is 55.6 Å². The van der Waals surface area contributed by atoms with E-state index in [9.17, 15) is 0 Å². The molecule has 0 bridgehead atoms. The molecule has 0 saturated heterocycles. The van der Waals surface area contributed by atoms with Crippen LogP contribution in [0.4, 0.5) is 0 Å². The molecule has 2 aliphatic carbocycles. The van der Waals surface area contributed by atoms with Crippen LogP contribution in [0.15, 0.2) is 157 Å². The Balaban J connectivity index is 0.00000249. The second-order valence-corrected chi connectivity index (χ2v) is 46.7. The van der Waals surface area contributed by atoms with Gasteiger partial charge in [0, 0.05) is 0 Å². The van der Waals surface area contributed by atoms with Gasteiger partial charge in [-0.15, -0.1) is 24.8 Å². The van der Waals surface area contributed by atoms with Crippen LogP contribution in [-0.2, 0) is 17.4 Å². The standard InChI is InChI=1S/2C24H21.2CH3.2ClH.H2Si.Zr/c2*1-2-9-18-16-23-21(19-10-5-3-6-11-19)14-15-22(24(23)17-18)20-12-7-4-8-13-20;;;;;;/h2*3-8,10-17H,2,9H2,1H3;2*1H3;2*1H;1H2;. The molecule has 0 aliphatic heterocycles. The number of halogens is 2. The van der Waals surface area contributed by atoms with E-state index in [-0.39, 0.29) is 24.8 Å². The summed E-state index contributed by atoms with van der Waals surface area (Å²) in [4.78, 5) is 0. The van der Waals surface area contributed by atoms with Crippen molar-refractivity contribution in [1.29, 1.82) is 0 Å². The Hall–Kier alpha value is -3.52. The number of fused-ring (bicyclic) bond motifs is 2. The molecule has 0 aromatic heterocycles. The fourth-order valence-corrected chi connectivity index (χ4v) is 29.6. The Morgan fingerprint density at radius 2 is 0.704 bits per heavy atom. The van der Waals surface area contributed by atoms with Crippen LogP contribution in [-0.4, -0.2) is 6.88 Å². The van der Waals surface area contributed by atoms with Gasteiger partial charge in [-0.1, -0.05) is 0 Å². The first-order chi connectivity index (χ1) is 25.3. The zero-order chi connectivity index (χ0) is 35.9. The predicted molar refractivity (Wildman–Crippen MR) is 241 cm³/mol. The minimum atomic E-state index is -4.04. The van der Waals surface area contributed by atoms with Gasteiger partial charge in [0.1, 0.15) is 0 Å². The van der Waals surface area contributed by atoms with Gasteiger partial charge >= 0.3 is 316 Å². The molecule has 2 unspecified atom stereocenters. The van der Waals surface area contributed by atoms with Crippen molar-refractivity contribution < 1.29 is 17.4 Å². The maximum absolute atomic E-state index is 4.04. The molecule has 8 rings (SSSR count). The van der Waals surface area contributed by atoms with Gasteiger partial charge < -0.3 is 0 Å². The molecule has 0 amide bonds. The first kappa shape index (κ1) is 40.2. The van der Waals surface area contributed by atoms with Crippen molar-refractivity contribution in [1.82, 2.24) is 0 Å². The second-order valence-electron chi connectivity index (χ2n) is 16.2. The second kappa shape index (κ2) is 16.3. The minimum Gasteiger partial charge on any atom is -0.147 e. The molecule has 0 nitrogen and oxygen atoms in total. The Labute approximate surface area is 338 Å². The maximum atomic E-state index is 2.83. The third-order valence-corrected chi connectivity index (χ3v) is 29.3. The van der Waals surface area contributed by atoms with E-state index in [1.54, 1.807) is 22.3 Å².